The van der Waals surface area contributed by atoms with Gasteiger partial charge < -0.3 is 14.5 Å². The highest BCUT2D eigenvalue weighted by Gasteiger charge is 2.31. The molecule has 0 unspecified atom stereocenters. The van der Waals surface area contributed by atoms with Gasteiger partial charge in [-0.3, -0.25) is 0 Å². The summed E-state index contributed by atoms with van der Waals surface area (Å²) in [6, 6.07) is 9.13. The average molecular weight is 374 g/mol. The number of benzene rings is 2. The number of nitrogens with zero attached hydrogens (tertiary/aromatic N) is 1. The Hall–Kier alpha value is -2.58. The van der Waals surface area contributed by atoms with Crippen LogP contribution in [0.5, 0.6) is 11.5 Å². The van der Waals surface area contributed by atoms with Crippen molar-refractivity contribution in [3.05, 3.63) is 53.5 Å². The summed E-state index contributed by atoms with van der Waals surface area (Å²) in [6.07, 6.45) is 0.551. The van der Waals surface area contributed by atoms with Crippen LogP contribution < -0.4 is 9.47 Å². The largest absolute Gasteiger partial charge is 0.454 e. The molecule has 0 fully saturated rings. The van der Waals surface area contributed by atoms with Gasteiger partial charge in [-0.15, -0.1) is 0 Å². The number of H-pyrrole nitrogens is 1. The molecule has 26 heavy (non-hydrogen) atoms. The van der Waals surface area contributed by atoms with E-state index >= 15 is 0 Å². The Morgan fingerprint density at radius 3 is 2.81 bits per heavy atom. The summed E-state index contributed by atoms with van der Waals surface area (Å²) in [5.41, 5.74) is 2.61. The zero-order chi connectivity index (χ0) is 17.9. The van der Waals surface area contributed by atoms with Gasteiger partial charge in [0, 0.05) is 42.2 Å². The number of ether oxygens (including phenoxy) is 2. The molecule has 2 aromatic carbocycles. The molecule has 0 saturated carbocycles. The summed E-state index contributed by atoms with van der Waals surface area (Å²) in [4.78, 5) is 3.43. The van der Waals surface area contributed by atoms with Crippen LogP contribution in [0.15, 0.2) is 41.3 Å². The van der Waals surface area contributed by atoms with Gasteiger partial charge in [0.15, 0.2) is 11.5 Å². The van der Waals surface area contributed by atoms with Crippen LogP contribution in [-0.2, 0) is 23.0 Å². The number of aromatic nitrogens is 1. The minimum Gasteiger partial charge on any atom is -0.454 e. The Labute approximate surface area is 149 Å². The minimum absolute atomic E-state index is 0.0901. The summed E-state index contributed by atoms with van der Waals surface area (Å²) in [7, 11) is -3.69. The van der Waals surface area contributed by atoms with Gasteiger partial charge in [-0.2, -0.15) is 4.31 Å². The maximum atomic E-state index is 13.6. The number of aromatic amines is 1. The highest BCUT2D eigenvalue weighted by molar-refractivity contribution is 7.89. The molecule has 2 aliphatic rings. The molecule has 2 aliphatic heterocycles. The van der Waals surface area contributed by atoms with E-state index in [-0.39, 0.29) is 24.1 Å². The second kappa shape index (κ2) is 5.46. The second-order valence-corrected chi connectivity index (χ2v) is 8.31. The number of nitrogens with one attached hydrogen (secondary N) is 1. The molecule has 1 aromatic heterocycles. The van der Waals surface area contributed by atoms with Crippen molar-refractivity contribution in [2.24, 2.45) is 0 Å². The predicted molar refractivity (Wildman–Crippen MR) is 92.1 cm³/mol. The zero-order valence-electron chi connectivity index (χ0n) is 13.7. The lowest BCUT2D eigenvalue weighted by Gasteiger charge is -2.26. The second-order valence-electron chi connectivity index (χ2n) is 6.38. The molecular formula is C18H15FN2O4S. The van der Waals surface area contributed by atoms with E-state index in [1.54, 1.807) is 12.1 Å². The molecule has 134 valence electrons. The van der Waals surface area contributed by atoms with Crippen molar-refractivity contribution >= 4 is 20.9 Å². The van der Waals surface area contributed by atoms with Crippen molar-refractivity contribution in [2.45, 2.75) is 17.9 Å². The van der Waals surface area contributed by atoms with Gasteiger partial charge in [-0.05, 0) is 35.9 Å². The molecule has 1 N–H and O–H groups in total. The first kappa shape index (κ1) is 15.7. The van der Waals surface area contributed by atoms with E-state index in [1.165, 1.54) is 28.6 Å². The van der Waals surface area contributed by atoms with Crippen molar-refractivity contribution in [3.8, 4) is 11.5 Å². The molecule has 0 aliphatic carbocycles. The van der Waals surface area contributed by atoms with Crippen LogP contribution >= 0.6 is 0 Å². The van der Waals surface area contributed by atoms with Gasteiger partial charge in [0.1, 0.15) is 5.82 Å². The van der Waals surface area contributed by atoms with E-state index in [9.17, 15) is 12.8 Å². The molecule has 0 amide bonds. The lowest BCUT2D eigenvalue weighted by atomic mass is 10.1. The average Bonchev–Trinajstić information content (AvgIpc) is 3.24. The van der Waals surface area contributed by atoms with Crippen LogP contribution in [-0.4, -0.2) is 31.0 Å². The van der Waals surface area contributed by atoms with Crippen molar-refractivity contribution in [3.63, 3.8) is 0 Å². The molecule has 8 heteroatoms. The normalized spacial score (nSPS) is 16.8. The maximum Gasteiger partial charge on any atom is 0.243 e. The summed E-state index contributed by atoms with van der Waals surface area (Å²) >= 11 is 0. The van der Waals surface area contributed by atoms with Crippen molar-refractivity contribution < 1.29 is 22.3 Å². The van der Waals surface area contributed by atoms with Crippen LogP contribution in [0.1, 0.15) is 11.3 Å². The van der Waals surface area contributed by atoms with E-state index in [0.29, 0.717) is 24.5 Å². The Morgan fingerprint density at radius 1 is 1.08 bits per heavy atom. The Morgan fingerprint density at radius 2 is 1.92 bits per heavy atom. The maximum absolute atomic E-state index is 13.6. The molecule has 0 spiro atoms. The molecule has 0 radical (unpaired) electrons. The summed E-state index contributed by atoms with van der Waals surface area (Å²) < 4.78 is 51.7. The van der Waals surface area contributed by atoms with Crippen molar-refractivity contribution in [2.75, 3.05) is 13.3 Å². The first-order chi connectivity index (χ1) is 12.5. The van der Waals surface area contributed by atoms with Crippen LogP contribution in [0.3, 0.4) is 0 Å². The molecule has 3 heterocycles. The highest BCUT2D eigenvalue weighted by Crippen LogP contribution is 2.36. The van der Waals surface area contributed by atoms with E-state index in [2.05, 4.69) is 4.98 Å². The van der Waals surface area contributed by atoms with Gasteiger partial charge in [-0.1, -0.05) is 0 Å². The molecule has 3 aromatic rings. The van der Waals surface area contributed by atoms with Crippen LogP contribution in [0.4, 0.5) is 4.39 Å². The Bertz CT molecular complexity index is 1140. The minimum atomic E-state index is -3.69. The van der Waals surface area contributed by atoms with Crippen LogP contribution in [0.25, 0.3) is 10.9 Å². The van der Waals surface area contributed by atoms with Crippen molar-refractivity contribution in [1.29, 1.82) is 0 Å². The standard InChI is InChI=1S/C18H15FN2O4S/c19-11-1-3-15-13(7-11)14-9-21(6-5-16(14)20-15)26(22,23)12-2-4-17-18(8-12)25-10-24-17/h1-4,7-8,20H,5-6,9-10H2. The summed E-state index contributed by atoms with van der Waals surface area (Å²) in [6.45, 7) is 0.654. The number of hydrogen-bond donors (Lipinski definition) is 1. The molecule has 0 bridgehead atoms. The Kier molecular flexibility index (Phi) is 3.29. The summed E-state index contributed by atoms with van der Waals surface area (Å²) in [5.74, 6) is 0.630. The van der Waals surface area contributed by atoms with Crippen molar-refractivity contribution in [1.82, 2.24) is 9.29 Å². The third-order valence-corrected chi connectivity index (χ3v) is 6.73. The third kappa shape index (κ3) is 2.29. The number of fused-ring (bicyclic) bond motifs is 4. The lowest BCUT2D eigenvalue weighted by molar-refractivity contribution is 0.174. The third-order valence-electron chi connectivity index (χ3n) is 4.88. The number of halogens is 1. The number of sulfonamides is 1. The Balaban J connectivity index is 1.53. The summed E-state index contributed by atoms with van der Waals surface area (Å²) in [5, 5.41) is 0.727. The lowest BCUT2D eigenvalue weighted by Crippen LogP contribution is -2.35. The highest BCUT2D eigenvalue weighted by atomic mass is 32.2. The first-order valence-corrected chi connectivity index (χ1v) is 9.65. The quantitative estimate of drug-likeness (QED) is 0.749. The molecular weight excluding hydrogens is 359 g/mol. The zero-order valence-corrected chi connectivity index (χ0v) is 14.5. The molecule has 0 atom stereocenters. The van der Waals surface area contributed by atoms with E-state index < -0.39 is 10.0 Å². The van der Waals surface area contributed by atoms with E-state index in [0.717, 1.165) is 22.2 Å². The van der Waals surface area contributed by atoms with Gasteiger partial charge in [0.2, 0.25) is 16.8 Å². The SMILES string of the molecule is O=S(=O)(c1ccc2c(c1)OCO2)N1CCc2[nH]c3ccc(F)cc3c2C1. The number of hydrogen-bond acceptors (Lipinski definition) is 4. The fraction of sp³-hybridized carbons (Fsp3) is 0.222. The fourth-order valence-electron chi connectivity index (χ4n) is 3.55. The van der Waals surface area contributed by atoms with E-state index in [1.807, 2.05) is 0 Å². The monoisotopic (exact) mass is 374 g/mol. The van der Waals surface area contributed by atoms with Gasteiger partial charge in [0.05, 0.1) is 4.90 Å². The predicted octanol–water partition coefficient (Wildman–Crippen LogP) is 2.78. The van der Waals surface area contributed by atoms with Gasteiger partial charge in [-0.25, -0.2) is 12.8 Å². The topological polar surface area (TPSA) is 71.6 Å². The van der Waals surface area contributed by atoms with E-state index in [4.69, 9.17) is 9.47 Å². The molecule has 6 nitrogen and oxygen atoms in total. The van der Waals surface area contributed by atoms with Gasteiger partial charge >= 0.3 is 0 Å². The first-order valence-electron chi connectivity index (χ1n) is 8.21. The number of rotatable bonds is 2. The van der Waals surface area contributed by atoms with Gasteiger partial charge in [0.25, 0.3) is 0 Å². The molecule has 5 rings (SSSR count). The fourth-order valence-corrected chi connectivity index (χ4v) is 4.98. The molecule has 0 saturated heterocycles. The van der Waals surface area contributed by atoms with Crippen LogP contribution in [0.2, 0.25) is 0 Å². The van der Waals surface area contributed by atoms with Crippen LogP contribution in [0, 0.1) is 5.82 Å². The smallest absolute Gasteiger partial charge is 0.243 e.